The zero-order chi connectivity index (χ0) is 12.8. The summed E-state index contributed by atoms with van der Waals surface area (Å²) in [5.41, 5.74) is 0. The summed E-state index contributed by atoms with van der Waals surface area (Å²) >= 11 is 0. The van der Waals surface area contributed by atoms with Gasteiger partial charge in [0.25, 0.3) is 0 Å². The Balaban J connectivity index is 2.35. The molecule has 5 heteroatoms. The van der Waals surface area contributed by atoms with Crippen molar-refractivity contribution < 1.29 is 14.3 Å². The Morgan fingerprint density at radius 3 is 2.59 bits per heavy atom. The van der Waals surface area contributed by atoms with Crippen LogP contribution in [0.3, 0.4) is 0 Å². The molecule has 0 radical (unpaired) electrons. The van der Waals surface area contributed by atoms with E-state index in [0.717, 1.165) is 12.8 Å². The molecule has 5 nitrogen and oxygen atoms in total. The number of hydrogen-bond acceptors (Lipinski definition) is 3. The molecule has 1 aliphatic rings. The summed E-state index contributed by atoms with van der Waals surface area (Å²) in [6.07, 6.45) is 4.13. The highest BCUT2D eigenvalue weighted by Crippen LogP contribution is 2.23. The van der Waals surface area contributed by atoms with Gasteiger partial charge >= 0.3 is 6.09 Å². The number of amides is 2. The second-order valence-corrected chi connectivity index (χ2v) is 4.76. The van der Waals surface area contributed by atoms with E-state index in [2.05, 4.69) is 17.0 Å². The molecule has 0 aromatic rings. The van der Waals surface area contributed by atoms with Crippen LogP contribution in [-0.4, -0.2) is 43.6 Å². The van der Waals surface area contributed by atoms with Crippen LogP contribution in [0.5, 0.6) is 0 Å². The number of carbonyl (C=O) groups is 2. The van der Waals surface area contributed by atoms with Crippen LogP contribution in [0.2, 0.25) is 0 Å². The second kappa shape index (κ2) is 6.47. The zero-order valence-corrected chi connectivity index (χ0v) is 10.9. The molecular formula is C12H22N2O3. The summed E-state index contributed by atoms with van der Waals surface area (Å²) in [5, 5.41) is 2.99. The van der Waals surface area contributed by atoms with Crippen LogP contribution in [0, 0.1) is 5.92 Å². The molecule has 1 saturated carbocycles. The van der Waals surface area contributed by atoms with Gasteiger partial charge in [0, 0.05) is 13.1 Å². The number of rotatable bonds is 3. The largest absolute Gasteiger partial charge is 0.453 e. The van der Waals surface area contributed by atoms with Crippen molar-refractivity contribution >= 4 is 12.0 Å². The molecule has 17 heavy (non-hydrogen) atoms. The van der Waals surface area contributed by atoms with Crippen molar-refractivity contribution in [3.05, 3.63) is 0 Å². The van der Waals surface area contributed by atoms with E-state index in [1.54, 1.807) is 7.05 Å². The van der Waals surface area contributed by atoms with Gasteiger partial charge in [-0.05, 0) is 18.8 Å². The zero-order valence-electron chi connectivity index (χ0n) is 10.9. The Hall–Kier alpha value is -1.26. The SMILES string of the molecule is COC(=O)N(C)CC(=O)NC1CCCCC1C. The van der Waals surface area contributed by atoms with Gasteiger partial charge in [-0.25, -0.2) is 4.79 Å². The molecule has 0 spiro atoms. The Labute approximate surface area is 102 Å². The molecule has 0 aromatic heterocycles. The summed E-state index contributed by atoms with van der Waals surface area (Å²) < 4.78 is 4.53. The molecule has 2 unspecified atom stereocenters. The van der Waals surface area contributed by atoms with E-state index in [1.165, 1.54) is 24.9 Å². The molecule has 0 saturated heterocycles. The minimum Gasteiger partial charge on any atom is -0.453 e. The lowest BCUT2D eigenvalue weighted by atomic mass is 9.86. The van der Waals surface area contributed by atoms with Crippen molar-refractivity contribution in [2.24, 2.45) is 5.92 Å². The van der Waals surface area contributed by atoms with E-state index in [0.29, 0.717) is 5.92 Å². The number of ether oxygens (including phenoxy) is 1. The van der Waals surface area contributed by atoms with Crippen molar-refractivity contribution in [3.8, 4) is 0 Å². The molecule has 0 aliphatic heterocycles. The number of nitrogens with zero attached hydrogens (tertiary/aromatic N) is 1. The minimum absolute atomic E-state index is 0.0515. The smallest absolute Gasteiger partial charge is 0.409 e. The molecule has 1 fully saturated rings. The third-order valence-corrected chi connectivity index (χ3v) is 3.32. The van der Waals surface area contributed by atoms with Gasteiger partial charge in [-0.2, -0.15) is 0 Å². The Morgan fingerprint density at radius 2 is 2.00 bits per heavy atom. The maximum absolute atomic E-state index is 11.7. The minimum atomic E-state index is -0.489. The van der Waals surface area contributed by atoms with Crippen molar-refractivity contribution in [3.63, 3.8) is 0 Å². The maximum Gasteiger partial charge on any atom is 0.409 e. The topological polar surface area (TPSA) is 58.6 Å². The summed E-state index contributed by atoms with van der Waals surface area (Å²) in [4.78, 5) is 24.1. The number of carbonyl (C=O) groups excluding carboxylic acids is 2. The molecule has 0 heterocycles. The van der Waals surface area contributed by atoms with Gasteiger partial charge in [0.05, 0.1) is 7.11 Å². The quantitative estimate of drug-likeness (QED) is 0.813. The summed E-state index contributed by atoms with van der Waals surface area (Å²) in [6.45, 7) is 2.21. The highest BCUT2D eigenvalue weighted by atomic mass is 16.5. The predicted octanol–water partition coefficient (Wildman–Crippen LogP) is 1.38. The third kappa shape index (κ3) is 4.24. The summed E-state index contributed by atoms with van der Waals surface area (Å²) in [7, 11) is 2.86. The molecule has 0 bridgehead atoms. The second-order valence-electron chi connectivity index (χ2n) is 4.76. The summed E-state index contributed by atoms with van der Waals surface area (Å²) in [6, 6.07) is 0.252. The maximum atomic E-state index is 11.7. The Morgan fingerprint density at radius 1 is 1.35 bits per heavy atom. The molecule has 2 atom stereocenters. The van der Waals surface area contributed by atoms with Crippen LogP contribution in [0.4, 0.5) is 4.79 Å². The van der Waals surface area contributed by atoms with Crippen LogP contribution in [0.15, 0.2) is 0 Å². The fourth-order valence-corrected chi connectivity index (χ4v) is 2.22. The van der Waals surface area contributed by atoms with Crippen molar-refractivity contribution in [2.45, 2.75) is 38.6 Å². The van der Waals surface area contributed by atoms with Crippen LogP contribution in [0.25, 0.3) is 0 Å². The highest BCUT2D eigenvalue weighted by molar-refractivity contribution is 5.82. The summed E-state index contributed by atoms with van der Waals surface area (Å²) in [5.74, 6) is 0.410. The first-order valence-corrected chi connectivity index (χ1v) is 6.13. The fourth-order valence-electron chi connectivity index (χ4n) is 2.22. The highest BCUT2D eigenvalue weighted by Gasteiger charge is 2.23. The molecule has 98 valence electrons. The van der Waals surface area contributed by atoms with E-state index < -0.39 is 6.09 Å². The normalized spacial score (nSPS) is 23.9. The number of nitrogens with one attached hydrogen (secondary N) is 1. The van der Waals surface area contributed by atoms with E-state index in [9.17, 15) is 9.59 Å². The first-order chi connectivity index (χ1) is 8.04. The van der Waals surface area contributed by atoms with E-state index in [1.807, 2.05) is 0 Å². The molecule has 2 amide bonds. The average Bonchev–Trinajstić information content (AvgIpc) is 2.31. The van der Waals surface area contributed by atoms with Crippen molar-refractivity contribution in [1.29, 1.82) is 0 Å². The first kappa shape index (κ1) is 13.8. The van der Waals surface area contributed by atoms with Gasteiger partial charge in [0.15, 0.2) is 0 Å². The molecular weight excluding hydrogens is 220 g/mol. The lowest BCUT2D eigenvalue weighted by Crippen LogP contribution is -2.46. The molecule has 1 aliphatic carbocycles. The molecule has 0 aromatic carbocycles. The van der Waals surface area contributed by atoms with Gasteiger partial charge in [-0.3, -0.25) is 4.79 Å². The predicted molar refractivity (Wildman–Crippen MR) is 64.6 cm³/mol. The number of hydrogen-bond donors (Lipinski definition) is 1. The average molecular weight is 242 g/mol. The van der Waals surface area contributed by atoms with Crippen LogP contribution in [-0.2, 0) is 9.53 Å². The van der Waals surface area contributed by atoms with E-state index in [4.69, 9.17) is 0 Å². The lowest BCUT2D eigenvalue weighted by Gasteiger charge is -2.30. The van der Waals surface area contributed by atoms with Crippen molar-refractivity contribution in [1.82, 2.24) is 10.2 Å². The van der Waals surface area contributed by atoms with E-state index in [-0.39, 0.29) is 18.5 Å². The Bertz CT molecular complexity index is 281. The van der Waals surface area contributed by atoms with E-state index >= 15 is 0 Å². The van der Waals surface area contributed by atoms with Crippen molar-refractivity contribution in [2.75, 3.05) is 20.7 Å². The van der Waals surface area contributed by atoms with Gasteiger partial charge in [-0.1, -0.05) is 19.8 Å². The van der Waals surface area contributed by atoms with Crippen LogP contribution < -0.4 is 5.32 Å². The fraction of sp³-hybridized carbons (Fsp3) is 0.833. The number of likely N-dealkylation sites (N-methyl/N-ethyl adjacent to an activating group) is 1. The van der Waals surface area contributed by atoms with Gasteiger partial charge in [0.1, 0.15) is 6.54 Å². The van der Waals surface area contributed by atoms with Crippen LogP contribution >= 0.6 is 0 Å². The van der Waals surface area contributed by atoms with Gasteiger partial charge < -0.3 is 15.0 Å². The third-order valence-electron chi connectivity index (χ3n) is 3.32. The van der Waals surface area contributed by atoms with Gasteiger partial charge in [-0.15, -0.1) is 0 Å². The lowest BCUT2D eigenvalue weighted by molar-refractivity contribution is -0.123. The monoisotopic (exact) mass is 242 g/mol. The standard InChI is InChI=1S/C12H22N2O3/c1-9-6-4-5-7-10(9)13-11(15)8-14(2)12(16)17-3/h9-10H,4-8H2,1-3H3,(H,13,15). The molecule has 1 N–H and O–H groups in total. The Kier molecular flexibility index (Phi) is 5.25. The molecule has 1 rings (SSSR count). The first-order valence-electron chi connectivity index (χ1n) is 6.13. The van der Waals surface area contributed by atoms with Crippen LogP contribution in [0.1, 0.15) is 32.6 Å². The van der Waals surface area contributed by atoms with Gasteiger partial charge in [0.2, 0.25) is 5.91 Å². The number of methoxy groups -OCH3 is 1.